The van der Waals surface area contributed by atoms with E-state index < -0.39 is 11.7 Å². The van der Waals surface area contributed by atoms with Gasteiger partial charge in [0.15, 0.2) is 23.1 Å². The highest BCUT2D eigenvalue weighted by Crippen LogP contribution is 2.29. The van der Waals surface area contributed by atoms with Gasteiger partial charge in [0.25, 0.3) is 0 Å². The molecule has 3 rings (SSSR count). The number of hydrogen-bond donors (Lipinski definition) is 1. The van der Waals surface area contributed by atoms with E-state index in [1.165, 1.54) is 7.11 Å². The molecule has 9 heteroatoms. The molecule has 0 fully saturated rings. The van der Waals surface area contributed by atoms with Crippen molar-refractivity contribution in [3.63, 3.8) is 0 Å². The van der Waals surface area contributed by atoms with Crippen molar-refractivity contribution in [2.45, 2.75) is 33.2 Å². The highest BCUT2D eigenvalue weighted by Gasteiger charge is 2.19. The first-order valence-corrected chi connectivity index (χ1v) is 10.7. The van der Waals surface area contributed by atoms with Crippen LogP contribution in [-0.4, -0.2) is 48.7 Å². The first-order chi connectivity index (χ1) is 15.9. The number of nitrogens with zero attached hydrogens (tertiary/aromatic N) is 2. The van der Waals surface area contributed by atoms with Crippen LogP contribution in [0, 0.1) is 12.7 Å². The van der Waals surface area contributed by atoms with Gasteiger partial charge in [-0.25, -0.2) is 9.37 Å². The third-order valence-corrected chi connectivity index (χ3v) is 5.17. The number of fused-ring (bicyclic) bond motifs is 1. The molecular formula is C24H28FN3O5. The fourth-order valence-electron chi connectivity index (χ4n) is 3.45. The van der Waals surface area contributed by atoms with E-state index in [-0.39, 0.29) is 24.6 Å². The van der Waals surface area contributed by atoms with Crippen LogP contribution in [0.5, 0.6) is 11.5 Å². The van der Waals surface area contributed by atoms with E-state index in [0.29, 0.717) is 53.4 Å². The average molecular weight is 458 g/mol. The number of carbonyl (C=O) groups is 2. The number of ketones is 1. The summed E-state index contributed by atoms with van der Waals surface area (Å²) in [5, 5.41) is 2.70. The lowest BCUT2D eigenvalue weighted by Crippen LogP contribution is -2.18. The van der Waals surface area contributed by atoms with Crippen LogP contribution in [0.4, 0.5) is 10.3 Å². The van der Waals surface area contributed by atoms with Crippen LogP contribution >= 0.6 is 0 Å². The number of aromatic nitrogens is 2. The van der Waals surface area contributed by atoms with Gasteiger partial charge in [0.1, 0.15) is 5.52 Å². The lowest BCUT2D eigenvalue weighted by atomic mass is 10.1. The Bertz CT molecular complexity index is 1160. The van der Waals surface area contributed by atoms with Crippen LogP contribution in [0.1, 0.15) is 35.7 Å². The Kier molecular flexibility index (Phi) is 8.00. The zero-order chi connectivity index (χ0) is 24.0. The second kappa shape index (κ2) is 10.9. The highest BCUT2D eigenvalue weighted by atomic mass is 19.1. The van der Waals surface area contributed by atoms with Gasteiger partial charge in [-0.2, -0.15) is 0 Å². The minimum Gasteiger partial charge on any atom is -0.493 e. The number of nitrogens with one attached hydrogen (secondary N) is 1. The number of hydrogen-bond acceptors (Lipinski definition) is 6. The molecule has 0 bridgehead atoms. The Hall–Kier alpha value is -3.46. The predicted octanol–water partition coefficient (Wildman–Crippen LogP) is 4.14. The number of ether oxygens (including phenoxy) is 3. The molecule has 1 aromatic heterocycles. The summed E-state index contributed by atoms with van der Waals surface area (Å²) in [6.07, 6.45) is -0.0574. The van der Waals surface area contributed by atoms with Crippen LogP contribution in [0.25, 0.3) is 11.0 Å². The fourth-order valence-corrected chi connectivity index (χ4v) is 3.45. The van der Waals surface area contributed by atoms with Gasteiger partial charge in [0.05, 0.1) is 25.8 Å². The van der Waals surface area contributed by atoms with Crippen LogP contribution in [0.15, 0.2) is 30.3 Å². The first kappa shape index (κ1) is 24.2. The standard InChI is InChI=1S/C24H28FN3O5/c1-5-33-19-10-7-16(14-20(19)32-4)18(29)9-11-21(30)27-24-26-17-8-6-15(2)22(25)23(17)28(24)12-13-31-3/h6-8,10,14H,5,9,11-13H2,1-4H3,(H,26,27,30). The topological polar surface area (TPSA) is 91.7 Å². The number of aryl methyl sites for hydroxylation is 1. The number of benzene rings is 2. The van der Waals surface area contributed by atoms with Crippen molar-refractivity contribution in [3.8, 4) is 11.5 Å². The quantitative estimate of drug-likeness (QED) is 0.435. The molecule has 2 aromatic carbocycles. The monoisotopic (exact) mass is 457 g/mol. The molecule has 0 aliphatic rings. The summed E-state index contributed by atoms with van der Waals surface area (Å²) in [4.78, 5) is 29.5. The molecule has 3 aromatic rings. The Balaban J connectivity index is 1.72. The molecule has 176 valence electrons. The van der Waals surface area contributed by atoms with E-state index >= 15 is 0 Å². The van der Waals surface area contributed by atoms with Crippen LogP contribution in [0.2, 0.25) is 0 Å². The Morgan fingerprint density at radius 3 is 2.61 bits per heavy atom. The molecule has 0 unspecified atom stereocenters. The number of imidazole rings is 1. The molecule has 1 amide bonds. The van der Waals surface area contributed by atoms with Gasteiger partial charge in [-0.15, -0.1) is 0 Å². The van der Waals surface area contributed by atoms with Gasteiger partial charge in [-0.3, -0.25) is 14.9 Å². The number of Topliss-reactive ketones (excluding diaryl/α,β-unsaturated/α-hetero) is 1. The lowest BCUT2D eigenvalue weighted by Gasteiger charge is -2.11. The van der Waals surface area contributed by atoms with Gasteiger partial charge in [-0.1, -0.05) is 6.07 Å². The third kappa shape index (κ3) is 5.48. The van der Waals surface area contributed by atoms with Crippen molar-refractivity contribution >= 4 is 28.7 Å². The maximum atomic E-state index is 14.7. The van der Waals surface area contributed by atoms with E-state index in [2.05, 4.69) is 10.3 Å². The zero-order valence-corrected chi connectivity index (χ0v) is 19.2. The molecule has 1 N–H and O–H groups in total. The second-order valence-electron chi connectivity index (χ2n) is 7.41. The maximum Gasteiger partial charge on any atom is 0.227 e. The molecule has 0 atom stereocenters. The lowest BCUT2D eigenvalue weighted by molar-refractivity contribution is -0.116. The van der Waals surface area contributed by atoms with Crippen molar-refractivity contribution in [1.29, 1.82) is 0 Å². The number of amides is 1. The van der Waals surface area contributed by atoms with Gasteiger partial charge in [0, 0.05) is 32.1 Å². The molecule has 1 heterocycles. The molecule has 0 saturated carbocycles. The van der Waals surface area contributed by atoms with E-state index in [1.54, 1.807) is 48.9 Å². The van der Waals surface area contributed by atoms with E-state index in [9.17, 15) is 14.0 Å². The van der Waals surface area contributed by atoms with Crippen molar-refractivity contribution in [3.05, 3.63) is 47.3 Å². The summed E-state index contributed by atoms with van der Waals surface area (Å²) in [6.45, 7) is 4.63. The molecule has 33 heavy (non-hydrogen) atoms. The minimum atomic E-state index is -0.396. The maximum absolute atomic E-state index is 14.7. The van der Waals surface area contributed by atoms with E-state index in [0.717, 1.165) is 0 Å². The van der Waals surface area contributed by atoms with Gasteiger partial charge in [0.2, 0.25) is 11.9 Å². The minimum absolute atomic E-state index is 0.00522. The summed E-state index contributed by atoms with van der Waals surface area (Å²) >= 11 is 0. The number of halogens is 1. The highest BCUT2D eigenvalue weighted by molar-refractivity contribution is 6.00. The van der Waals surface area contributed by atoms with Crippen LogP contribution in [-0.2, 0) is 16.1 Å². The van der Waals surface area contributed by atoms with Gasteiger partial charge >= 0.3 is 0 Å². The normalized spacial score (nSPS) is 10.9. The van der Waals surface area contributed by atoms with E-state index in [4.69, 9.17) is 14.2 Å². The smallest absolute Gasteiger partial charge is 0.227 e. The number of anilines is 1. The summed E-state index contributed by atoms with van der Waals surface area (Å²) in [6, 6.07) is 8.25. The predicted molar refractivity (Wildman–Crippen MR) is 123 cm³/mol. The average Bonchev–Trinajstić information content (AvgIpc) is 3.16. The molecule has 0 aliphatic heterocycles. The number of rotatable bonds is 11. The number of carbonyl (C=O) groups excluding carboxylic acids is 2. The van der Waals surface area contributed by atoms with Gasteiger partial charge in [-0.05, 0) is 43.7 Å². The van der Waals surface area contributed by atoms with E-state index in [1.807, 2.05) is 6.92 Å². The third-order valence-electron chi connectivity index (χ3n) is 5.17. The Labute approximate surface area is 191 Å². The Morgan fingerprint density at radius 2 is 1.91 bits per heavy atom. The van der Waals surface area contributed by atoms with Gasteiger partial charge < -0.3 is 18.8 Å². The number of methoxy groups -OCH3 is 2. The molecule has 0 radical (unpaired) electrons. The molecular weight excluding hydrogens is 429 g/mol. The van der Waals surface area contributed by atoms with Crippen LogP contribution < -0.4 is 14.8 Å². The molecule has 8 nitrogen and oxygen atoms in total. The summed E-state index contributed by atoms with van der Waals surface area (Å²) in [5.41, 5.74) is 1.64. The van der Waals surface area contributed by atoms with Crippen molar-refractivity contribution in [1.82, 2.24) is 9.55 Å². The molecule has 0 aliphatic carbocycles. The molecule has 0 spiro atoms. The molecule has 0 saturated heterocycles. The summed E-state index contributed by atoms with van der Waals surface area (Å²) < 4.78 is 32.2. The van der Waals surface area contributed by atoms with Crippen molar-refractivity contribution < 1.29 is 28.2 Å². The van der Waals surface area contributed by atoms with Crippen molar-refractivity contribution in [2.24, 2.45) is 0 Å². The zero-order valence-electron chi connectivity index (χ0n) is 19.2. The fraction of sp³-hybridized carbons (Fsp3) is 0.375. The second-order valence-corrected chi connectivity index (χ2v) is 7.41. The van der Waals surface area contributed by atoms with Crippen molar-refractivity contribution in [2.75, 3.05) is 32.8 Å². The first-order valence-electron chi connectivity index (χ1n) is 10.7. The Morgan fingerprint density at radius 1 is 1.12 bits per heavy atom. The summed E-state index contributed by atoms with van der Waals surface area (Å²) in [5.74, 6) is 0.222. The largest absolute Gasteiger partial charge is 0.493 e. The van der Waals surface area contributed by atoms with Crippen LogP contribution in [0.3, 0.4) is 0 Å². The SMILES string of the molecule is CCOc1ccc(C(=O)CCC(=O)Nc2nc3ccc(C)c(F)c3n2CCOC)cc1OC. The summed E-state index contributed by atoms with van der Waals surface area (Å²) in [7, 11) is 3.04.